The molecule has 64 valence electrons. The highest BCUT2D eigenvalue weighted by Crippen LogP contribution is 2.40. The lowest BCUT2D eigenvalue weighted by molar-refractivity contribution is 0.608. The highest BCUT2D eigenvalue weighted by atomic mass is 19.1. The van der Waals surface area contributed by atoms with Crippen molar-refractivity contribution in [3.8, 4) is 0 Å². The lowest BCUT2D eigenvalue weighted by Gasteiger charge is -2.02. The Hall–Kier alpha value is -0.890. The van der Waals surface area contributed by atoms with Gasteiger partial charge in [-0.2, -0.15) is 0 Å². The predicted molar refractivity (Wildman–Crippen MR) is 46.3 cm³/mol. The van der Waals surface area contributed by atoms with Gasteiger partial charge in [0.2, 0.25) is 0 Å². The molecule has 2 heteroatoms. The number of rotatable bonds is 2. The third-order valence-corrected chi connectivity index (χ3v) is 2.35. The molecule has 12 heavy (non-hydrogen) atoms. The molecule has 0 bridgehead atoms. The normalized spacial score (nSPS) is 16.5. The molecule has 2 N–H and O–H groups in total. The van der Waals surface area contributed by atoms with Crippen molar-refractivity contribution < 1.29 is 4.39 Å². The molecule has 0 saturated heterocycles. The van der Waals surface area contributed by atoms with Gasteiger partial charge in [0.25, 0.3) is 0 Å². The minimum Gasteiger partial charge on any atom is -0.326 e. The van der Waals surface area contributed by atoms with E-state index in [0.717, 1.165) is 5.56 Å². The molecule has 2 rings (SSSR count). The fourth-order valence-electron chi connectivity index (χ4n) is 1.40. The Morgan fingerprint density at radius 1 is 1.42 bits per heavy atom. The molecule has 1 fully saturated rings. The van der Waals surface area contributed by atoms with Crippen LogP contribution in [0.2, 0.25) is 0 Å². The van der Waals surface area contributed by atoms with Crippen LogP contribution in [0.15, 0.2) is 18.2 Å². The molecule has 1 saturated carbocycles. The first kappa shape index (κ1) is 7.74. The topological polar surface area (TPSA) is 26.0 Å². The Bertz CT molecular complexity index is 292. The van der Waals surface area contributed by atoms with E-state index in [2.05, 4.69) is 0 Å². The third kappa shape index (κ3) is 1.34. The number of hydrogen-bond acceptors (Lipinski definition) is 1. The van der Waals surface area contributed by atoms with Gasteiger partial charge in [0, 0.05) is 12.1 Å². The first-order chi connectivity index (χ1) is 5.81. The Morgan fingerprint density at radius 2 is 2.17 bits per heavy atom. The molecule has 1 aliphatic carbocycles. The van der Waals surface area contributed by atoms with Gasteiger partial charge in [0.15, 0.2) is 0 Å². The van der Waals surface area contributed by atoms with E-state index in [0.29, 0.717) is 11.5 Å². The summed E-state index contributed by atoms with van der Waals surface area (Å²) in [5, 5.41) is 0. The third-order valence-electron chi connectivity index (χ3n) is 2.35. The minimum absolute atomic E-state index is 0.151. The zero-order valence-corrected chi connectivity index (χ0v) is 6.89. The van der Waals surface area contributed by atoms with Crippen LogP contribution >= 0.6 is 0 Å². The average Bonchev–Trinajstić information content (AvgIpc) is 2.86. The molecule has 1 aliphatic rings. The molecule has 0 heterocycles. The van der Waals surface area contributed by atoms with Crippen LogP contribution in [0.3, 0.4) is 0 Å². The van der Waals surface area contributed by atoms with Crippen LogP contribution in [-0.2, 0) is 6.54 Å². The predicted octanol–water partition coefficient (Wildman–Crippen LogP) is 2.16. The number of benzene rings is 1. The molecular weight excluding hydrogens is 153 g/mol. The molecule has 0 spiro atoms. The standard InChI is InChI=1S/C10H12FN/c11-10-5-8(7-1-2-7)3-4-9(10)6-12/h3-5,7H,1-2,6,12H2. The minimum atomic E-state index is -0.151. The van der Waals surface area contributed by atoms with Gasteiger partial charge in [-0.1, -0.05) is 12.1 Å². The summed E-state index contributed by atoms with van der Waals surface area (Å²) in [6.07, 6.45) is 2.42. The van der Waals surface area contributed by atoms with E-state index in [1.54, 1.807) is 12.1 Å². The monoisotopic (exact) mass is 165 g/mol. The van der Waals surface area contributed by atoms with Crippen molar-refractivity contribution in [1.82, 2.24) is 0 Å². The molecule has 0 atom stereocenters. The van der Waals surface area contributed by atoms with Crippen LogP contribution in [0, 0.1) is 5.82 Å². The van der Waals surface area contributed by atoms with E-state index < -0.39 is 0 Å². The van der Waals surface area contributed by atoms with Crippen molar-refractivity contribution >= 4 is 0 Å². The van der Waals surface area contributed by atoms with Gasteiger partial charge in [-0.05, 0) is 30.4 Å². The van der Waals surface area contributed by atoms with E-state index >= 15 is 0 Å². The van der Waals surface area contributed by atoms with Crippen molar-refractivity contribution in [2.75, 3.05) is 0 Å². The van der Waals surface area contributed by atoms with Crippen molar-refractivity contribution in [3.63, 3.8) is 0 Å². The lowest BCUT2D eigenvalue weighted by Crippen LogP contribution is -1.99. The zero-order chi connectivity index (χ0) is 8.55. The Balaban J connectivity index is 2.30. The maximum Gasteiger partial charge on any atom is 0.127 e. The molecule has 1 nitrogen and oxygen atoms in total. The second-order valence-corrected chi connectivity index (χ2v) is 3.33. The van der Waals surface area contributed by atoms with Crippen LogP contribution in [0.5, 0.6) is 0 Å². The maximum absolute atomic E-state index is 13.2. The summed E-state index contributed by atoms with van der Waals surface area (Å²) in [5.74, 6) is 0.466. The number of nitrogens with two attached hydrogens (primary N) is 1. The summed E-state index contributed by atoms with van der Waals surface area (Å²) in [6.45, 7) is 0.288. The van der Waals surface area contributed by atoms with Crippen LogP contribution < -0.4 is 5.73 Å². The number of hydrogen-bond donors (Lipinski definition) is 1. The van der Waals surface area contributed by atoms with Gasteiger partial charge >= 0.3 is 0 Å². The fourth-order valence-corrected chi connectivity index (χ4v) is 1.40. The molecule has 0 aliphatic heterocycles. The van der Waals surface area contributed by atoms with Crippen molar-refractivity contribution in [3.05, 3.63) is 35.1 Å². The molecule has 0 unspecified atom stereocenters. The Kier molecular flexibility index (Phi) is 1.85. The van der Waals surface area contributed by atoms with Crippen LogP contribution in [0.4, 0.5) is 4.39 Å². The Morgan fingerprint density at radius 3 is 2.67 bits per heavy atom. The molecule has 0 amide bonds. The first-order valence-electron chi connectivity index (χ1n) is 4.29. The quantitative estimate of drug-likeness (QED) is 0.714. The van der Waals surface area contributed by atoms with Gasteiger partial charge < -0.3 is 5.73 Å². The summed E-state index contributed by atoms with van der Waals surface area (Å²) in [7, 11) is 0. The highest BCUT2D eigenvalue weighted by molar-refractivity contribution is 5.29. The fraction of sp³-hybridized carbons (Fsp3) is 0.400. The highest BCUT2D eigenvalue weighted by Gasteiger charge is 2.23. The van der Waals surface area contributed by atoms with E-state index in [-0.39, 0.29) is 12.4 Å². The van der Waals surface area contributed by atoms with Gasteiger partial charge in [0.1, 0.15) is 5.82 Å². The lowest BCUT2D eigenvalue weighted by atomic mass is 10.1. The molecule has 0 radical (unpaired) electrons. The van der Waals surface area contributed by atoms with E-state index in [1.807, 2.05) is 6.07 Å². The molecule has 1 aromatic rings. The van der Waals surface area contributed by atoms with Crippen molar-refractivity contribution in [1.29, 1.82) is 0 Å². The van der Waals surface area contributed by atoms with E-state index in [9.17, 15) is 4.39 Å². The van der Waals surface area contributed by atoms with Gasteiger partial charge in [-0.25, -0.2) is 4.39 Å². The number of halogens is 1. The van der Waals surface area contributed by atoms with Crippen LogP contribution in [0.1, 0.15) is 29.9 Å². The SMILES string of the molecule is NCc1ccc(C2CC2)cc1F. The first-order valence-corrected chi connectivity index (χ1v) is 4.29. The van der Waals surface area contributed by atoms with Crippen molar-refractivity contribution in [2.24, 2.45) is 5.73 Å². The van der Waals surface area contributed by atoms with Crippen LogP contribution in [-0.4, -0.2) is 0 Å². The molecule has 0 aromatic heterocycles. The summed E-state index contributed by atoms with van der Waals surface area (Å²) < 4.78 is 13.2. The summed E-state index contributed by atoms with van der Waals surface area (Å²) in [5.41, 5.74) is 7.09. The molecular formula is C10H12FN. The van der Waals surface area contributed by atoms with E-state index in [4.69, 9.17) is 5.73 Å². The zero-order valence-electron chi connectivity index (χ0n) is 6.89. The summed E-state index contributed by atoms with van der Waals surface area (Å²) >= 11 is 0. The molecule has 1 aromatic carbocycles. The summed E-state index contributed by atoms with van der Waals surface area (Å²) in [6, 6.07) is 5.41. The second-order valence-electron chi connectivity index (χ2n) is 3.33. The maximum atomic E-state index is 13.2. The van der Waals surface area contributed by atoms with Gasteiger partial charge in [-0.3, -0.25) is 0 Å². The van der Waals surface area contributed by atoms with Gasteiger partial charge in [-0.15, -0.1) is 0 Å². The summed E-state index contributed by atoms with van der Waals surface area (Å²) in [4.78, 5) is 0. The van der Waals surface area contributed by atoms with Gasteiger partial charge in [0.05, 0.1) is 0 Å². The van der Waals surface area contributed by atoms with Crippen molar-refractivity contribution in [2.45, 2.75) is 25.3 Å². The second kappa shape index (κ2) is 2.87. The smallest absolute Gasteiger partial charge is 0.127 e. The van der Waals surface area contributed by atoms with Crippen LogP contribution in [0.25, 0.3) is 0 Å². The largest absolute Gasteiger partial charge is 0.326 e. The van der Waals surface area contributed by atoms with E-state index in [1.165, 1.54) is 12.8 Å². The average molecular weight is 165 g/mol. The Labute approximate surface area is 71.4 Å².